The van der Waals surface area contributed by atoms with Gasteiger partial charge in [-0.2, -0.15) is 0 Å². The predicted molar refractivity (Wildman–Crippen MR) is 73.8 cm³/mol. The van der Waals surface area contributed by atoms with E-state index in [2.05, 4.69) is 17.1 Å². The van der Waals surface area contributed by atoms with Gasteiger partial charge in [-0.05, 0) is 18.6 Å². The molecular weight excluding hydrogens is 248 g/mol. The Morgan fingerprint density at radius 2 is 2.00 bits per heavy atom. The van der Waals surface area contributed by atoms with Crippen molar-refractivity contribution in [1.29, 1.82) is 0 Å². The first-order chi connectivity index (χ1) is 8.54. The quantitative estimate of drug-likeness (QED) is 0.874. The smallest absolute Gasteiger partial charge is 0.177 e. The lowest BCUT2D eigenvalue weighted by molar-refractivity contribution is 0.411. The van der Waals surface area contributed by atoms with Crippen LogP contribution in [0.3, 0.4) is 0 Å². The highest BCUT2D eigenvalue weighted by Gasteiger charge is 2.27. The van der Waals surface area contributed by atoms with Gasteiger partial charge >= 0.3 is 0 Å². The van der Waals surface area contributed by atoms with E-state index >= 15 is 0 Å². The van der Waals surface area contributed by atoms with Crippen LogP contribution < -0.4 is 10.2 Å². The third-order valence-electron chi connectivity index (χ3n) is 3.24. The Labute approximate surface area is 109 Å². The molecule has 1 aliphatic rings. The van der Waals surface area contributed by atoms with E-state index in [1.807, 2.05) is 12.1 Å². The molecule has 0 bridgehead atoms. The SMILES string of the molecule is CCCN(c1ccccc1S(C)(=O)=O)C1CNC1. The van der Waals surface area contributed by atoms with Gasteiger partial charge in [0.25, 0.3) is 0 Å². The van der Waals surface area contributed by atoms with Crippen LogP contribution in [-0.2, 0) is 9.84 Å². The molecule has 0 spiro atoms. The molecule has 0 saturated carbocycles. The summed E-state index contributed by atoms with van der Waals surface area (Å²) in [6.45, 7) is 4.86. The lowest BCUT2D eigenvalue weighted by atomic mass is 10.1. The van der Waals surface area contributed by atoms with E-state index < -0.39 is 9.84 Å². The van der Waals surface area contributed by atoms with Crippen LogP contribution in [-0.4, -0.2) is 40.3 Å². The van der Waals surface area contributed by atoms with Crippen LogP contribution in [0.2, 0.25) is 0 Å². The van der Waals surface area contributed by atoms with E-state index in [0.717, 1.165) is 31.7 Å². The van der Waals surface area contributed by atoms with Crippen LogP contribution in [0, 0.1) is 0 Å². The first-order valence-electron chi connectivity index (χ1n) is 6.30. The van der Waals surface area contributed by atoms with E-state index in [4.69, 9.17) is 0 Å². The monoisotopic (exact) mass is 268 g/mol. The van der Waals surface area contributed by atoms with Gasteiger partial charge < -0.3 is 10.2 Å². The molecular formula is C13H20N2O2S. The average molecular weight is 268 g/mol. The van der Waals surface area contributed by atoms with E-state index in [9.17, 15) is 8.42 Å². The maximum atomic E-state index is 11.8. The number of hydrogen-bond acceptors (Lipinski definition) is 4. The summed E-state index contributed by atoms with van der Waals surface area (Å²) in [5.41, 5.74) is 0.841. The molecule has 0 unspecified atom stereocenters. The largest absolute Gasteiger partial charge is 0.365 e. The van der Waals surface area contributed by atoms with E-state index in [1.165, 1.54) is 6.26 Å². The minimum absolute atomic E-state index is 0.410. The molecule has 1 fully saturated rings. The molecule has 1 heterocycles. The second kappa shape index (κ2) is 5.28. The maximum absolute atomic E-state index is 11.8. The van der Waals surface area contributed by atoms with Gasteiger partial charge in [0, 0.05) is 25.9 Å². The van der Waals surface area contributed by atoms with Crippen molar-refractivity contribution in [3.05, 3.63) is 24.3 Å². The lowest BCUT2D eigenvalue weighted by Gasteiger charge is -2.40. The molecule has 18 heavy (non-hydrogen) atoms. The van der Waals surface area contributed by atoms with Crippen molar-refractivity contribution in [2.45, 2.75) is 24.3 Å². The van der Waals surface area contributed by atoms with E-state index in [0.29, 0.717) is 10.9 Å². The molecule has 1 aromatic rings. The summed E-state index contributed by atoms with van der Waals surface area (Å²) in [6.07, 6.45) is 2.28. The van der Waals surface area contributed by atoms with Crippen LogP contribution >= 0.6 is 0 Å². The number of para-hydroxylation sites is 1. The summed E-state index contributed by atoms with van der Waals surface area (Å²) in [4.78, 5) is 2.65. The van der Waals surface area contributed by atoms with Crippen molar-refractivity contribution >= 4 is 15.5 Å². The molecule has 0 amide bonds. The number of benzene rings is 1. The van der Waals surface area contributed by atoms with Crippen molar-refractivity contribution in [3.8, 4) is 0 Å². The highest BCUT2D eigenvalue weighted by atomic mass is 32.2. The second-order valence-electron chi connectivity index (χ2n) is 4.75. The second-order valence-corrected chi connectivity index (χ2v) is 6.73. The number of rotatable bonds is 5. The number of nitrogens with zero attached hydrogens (tertiary/aromatic N) is 1. The molecule has 5 heteroatoms. The van der Waals surface area contributed by atoms with Gasteiger partial charge in [0.2, 0.25) is 0 Å². The van der Waals surface area contributed by atoms with Crippen LogP contribution in [0.4, 0.5) is 5.69 Å². The fraction of sp³-hybridized carbons (Fsp3) is 0.538. The minimum Gasteiger partial charge on any atom is -0.365 e. The van der Waals surface area contributed by atoms with Gasteiger partial charge in [0.05, 0.1) is 16.6 Å². The molecule has 0 atom stereocenters. The summed E-state index contributed by atoms with van der Waals surface area (Å²) in [5, 5.41) is 3.24. The molecule has 0 radical (unpaired) electrons. The van der Waals surface area contributed by atoms with Gasteiger partial charge in [-0.1, -0.05) is 19.1 Å². The third kappa shape index (κ3) is 2.67. The molecule has 1 saturated heterocycles. The number of sulfone groups is 1. The maximum Gasteiger partial charge on any atom is 0.177 e. The van der Waals surface area contributed by atoms with Gasteiger partial charge in [-0.3, -0.25) is 0 Å². The normalized spacial score (nSPS) is 16.3. The standard InChI is InChI=1S/C13H20N2O2S/c1-3-8-15(11-9-14-10-11)12-6-4-5-7-13(12)18(2,16)17/h4-7,11,14H,3,8-10H2,1-2H3. The molecule has 100 valence electrons. The van der Waals surface area contributed by atoms with E-state index in [-0.39, 0.29) is 0 Å². The summed E-state index contributed by atoms with van der Waals surface area (Å²) >= 11 is 0. The van der Waals surface area contributed by atoms with Crippen molar-refractivity contribution < 1.29 is 8.42 Å². The number of hydrogen-bond donors (Lipinski definition) is 1. The van der Waals surface area contributed by atoms with Gasteiger partial charge in [0.1, 0.15) is 0 Å². The molecule has 0 aliphatic carbocycles. The first kappa shape index (κ1) is 13.4. The number of anilines is 1. The minimum atomic E-state index is -3.18. The Hall–Kier alpha value is -1.07. The Balaban J connectivity index is 2.40. The van der Waals surface area contributed by atoms with Crippen molar-refractivity contribution in [2.75, 3.05) is 30.8 Å². The Bertz CT molecular complexity index is 509. The fourth-order valence-corrected chi connectivity index (χ4v) is 3.13. The summed E-state index contributed by atoms with van der Waals surface area (Å²) in [7, 11) is -3.18. The first-order valence-corrected chi connectivity index (χ1v) is 8.19. The van der Waals surface area contributed by atoms with Crippen LogP contribution in [0.25, 0.3) is 0 Å². The topological polar surface area (TPSA) is 49.4 Å². The highest BCUT2D eigenvalue weighted by molar-refractivity contribution is 7.90. The van der Waals surface area contributed by atoms with Crippen molar-refractivity contribution in [1.82, 2.24) is 5.32 Å². The average Bonchev–Trinajstić information content (AvgIpc) is 2.25. The lowest BCUT2D eigenvalue weighted by Crippen LogP contribution is -2.57. The summed E-state index contributed by atoms with van der Waals surface area (Å²) < 4.78 is 23.7. The molecule has 1 aromatic carbocycles. The zero-order chi connectivity index (χ0) is 13.2. The third-order valence-corrected chi connectivity index (χ3v) is 4.38. The summed E-state index contributed by atoms with van der Waals surface area (Å²) in [6, 6.07) is 7.69. The Morgan fingerprint density at radius 3 is 2.50 bits per heavy atom. The zero-order valence-electron chi connectivity index (χ0n) is 10.9. The van der Waals surface area contributed by atoms with Crippen molar-refractivity contribution in [3.63, 3.8) is 0 Å². The zero-order valence-corrected chi connectivity index (χ0v) is 11.7. The van der Waals surface area contributed by atoms with Crippen LogP contribution in [0.5, 0.6) is 0 Å². The van der Waals surface area contributed by atoms with Crippen LogP contribution in [0.15, 0.2) is 29.2 Å². The van der Waals surface area contributed by atoms with Gasteiger partial charge in [0.15, 0.2) is 9.84 Å². The number of nitrogens with one attached hydrogen (secondary N) is 1. The Morgan fingerprint density at radius 1 is 1.33 bits per heavy atom. The van der Waals surface area contributed by atoms with Gasteiger partial charge in [-0.25, -0.2) is 8.42 Å². The van der Waals surface area contributed by atoms with Gasteiger partial charge in [-0.15, -0.1) is 0 Å². The van der Waals surface area contributed by atoms with Crippen molar-refractivity contribution in [2.24, 2.45) is 0 Å². The molecule has 2 rings (SSSR count). The Kier molecular flexibility index (Phi) is 3.92. The molecule has 4 nitrogen and oxygen atoms in total. The van der Waals surface area contributed by atoms with E-state index in [1.54, 1.807) is 12.1 Å². The predicted octanol–water partition coefficient (Wildman–Crippen LogP) is 1.28. The molecule has 1 N–H and O–H groups in total. The molecule has 0 aromatic heterocycles. The molecule has 1 aliphatic heterocycles. The fourth-order valence-electron chi connectivity index (χ4n) is 2.24. The summed E-state index contributed by atoms with van der Waals surface area (Å²) in [5.74, 6) is 0. The van der Waals surface area contributed by atoms with Crippen LogP contribution in [0.1, 0.15) is 13.3 Å². The highest BCUT2D eigenvalue weighted by Crippen LogP contribution is 2.27.